The molecule has 1 N–H and O–H groups in total. The predicted molar refractivity (Wildman–Crippen MR) is 101 cm³/mol. The van der Waals surface area contributed by atoms with Gasteiger partial charge in [-0.25, -0.2) is 0 Å². The van der Waals surface area contributed by atoms with Crippen LogP contribution in [-0.4, -0.2) is 49.0 Å². The minimum atomic E-state index is -0.609. The normalized spacial score (nSPS) is 22.9. The van der Waals surface area contributed by atoms with Gasteiger partial charge in [-0.2, -0.15) is 0 Å². The van der Waals surface area contributed by atoms with Crippen LogP contribution in [0.4, 0.5) is 0 Å². The molecule has 0 aromatic heterocycles. The van der Waals surface area contributed by atoms with Crippen LogP contribution in [0, 0.1) is 0 Å². The summed E-state index contributed by atoms with van der Waals surface area (Å²) in [4.78, 5) is 0. The van der Waals surface area contributed by atoms with Gasteiger partial charge >= 0.3 is 0 Å². The van der Waals surface area contributed by atoms with Crippen LogP contribution in [0.25, 0.3) is 0 Å². The highest BCUT2D eigenvalue weighted by Crippen LogP contribution is 2.28. The molecule has 1 aromatic carbocycles. The van der Waals surface area contributed by atoms with Crippen LogP contribution in [-0.2, 0) is 25.6 Å². The fourth-order valence-electron chi connectivity index (χ4n) is 3.24. The third kappa shape index (κ3) is 6.63. The number of hydrogen-bond acceptors (Lipinski definition) is 5. The third-order valence-corrected chi connectivity index (χ3v) is 4.80. The molecule has 0 spiro atoms. The standard InChI is InChI=1S/C21H34O5/c1-5-6-12-17(22)18(23-4)13-19(20-15-25-21(2,3)26-20)24-14-16-10-8-7-9-11-16/h7-11,17-20,22H,5-6,12-15H2,1-4H3/t17-,18+,19-,20+/m0/s1. The summed E-state index contributed by atoms with van der Waals surface area (Å²) < 4.78 is 23.5. The molecular weight excluding hydrogens is 332 g/mol. The first-order valence-corrected chi connectivity index (χ1v) is 9.63. The SMILES string of the molecule is CCCC[C@H](O)[C@@H](C[C@H](OCc1ccccc1)[C@H]1COC(C)(C)O1)OC. The Morgan fingerprint density at radius 3 is 2.58 bits per heavy atom. The lowest BCUT2D eigenvalue weighted by molar-refractivity contribution is -0.164. The lowest BCUT2D eigenvalue weighted by Gasteiger charge is -2.30. The summed E-state index contributed by atoms with van der Waals surface area (Å²) in [5, 5.41) is 10.5. The van der Waals surface area contributed by atoms with E-state index in [1.807, 2.05) is 44.2 Å². The van der Waals surface area contributed by atoms with Gasteiger partial charge in [0.15, 0.2) is 5.79 Å². The van der Waals surface area contributed by atoms with Crippen LogP contribution in [0.2, 0.25) is 0 Å². The monoisotopic (exact) mass is 366 g/mol. The van der Waals surface area contributed by atoms with Crippen LogP contribution in [0.5, 0.6) is 0 Å². The van der Waals surface area contributed by atoms with Crippen molar-refractivity contribution in [1.29, 1.82) is 0 Å². The van der Waals surface area contributed by atoms with Gasteiger partial charge in [0, 0.05) is 13.5 Å². The summed E-state index contributed by atoms with van der Waals surface area (Å²) in [6.45, 7) is 6.91. The topological polar surface area (TPSA) is 57.2 Å². The fraction of sp³-hybridized carbons (Fsp3) is 0.714. The van der Waals surface area contributed by atoms with Gasteiger partial charge in [-0.15, -0.1) is 0 Å². The predicted octanol–water partition coefficient (Wildman–Crippen LogP) is 3.68. The Kier molecular flexibility index (Phi) is 8.51. The van der Waals surface area contributed by atoms with Crippen LogP contribution in [0.1, 0.15) is 52.0 Å². The van der Waals surface area contributed by atoms with E-state index in [0.29, 0.717) is 19.6 Å². The van der Waals surface area contributed by atoms with Crippen molar-refractivity contribution in [2.75, 3.05) is 13.7 Å². The number of aliphatic hydroxyl groups excluding tert-OH is 1. The summed E-state index contributed by atoms with van der Waals surface area (Å²) >= 11 is 0. The number of methoxy groups -OCH3 is 1. The van der Waals surface area contributed by atoms with Gasteiger partial charge in [0.05, 0.1) is 31.5 Å². The maximum Gasteiger partial charge on any atom is 0.163 e. The number of benzene rings is 1. The highest BCUT2D eigenvalue weighted by atomic mass is 16.7. The molecule has 0 bridgehead atoms. The van der Waals surface area contributed by atoms with Gasteiger partial charge in [0.25, 0.3) is 0 Å². The molecule has 1 heterocycles. The summed E-state index contributed by atoms with van der Waals surface area (Å²) in [7, 11) is 1.64. The smallest absolute Gasteiger partial charge is 0.163 e. The van der Waals surface area contributed by atoms with Crippen molar-refractivity contribution >= 4 is 0 Å². The molecule has 0 unspecified atom stereocenters. The zero-order chi connectivity index (χ0) is 19.0. The molecule has 0 saturated carbocycles. The van der Waals surface area contributed by atoms with Crippen molar-refractivity contribution in [3.8, 4) is 0 Å². The molecule has 1 aliphatic rings. The maximum atomic E-state index is 10.5. The van der Waals surface area contributed by atoms with E-state index in [1.54, 1.807) is 7.11 Å². The average molecular weight is 366 g/mol. The van der Waals surface area contributed by atoms with E-state index in [1.165, 1.54) is 0 Å². The second-order valence-electron chi connectivity index (χ2n) is 7.42. The second kappa shape index (κ2) is 10.4. The van der Waals surface area contributed by atoms with E-state index in [4.69, 9.17) is 18.9 Å². The van der Waals surface area contributed by atoms with Crippen molar-refractivity contribution < 1.29 is 24.1 Å². The Bertz CT molecular complexity index is 504. The van der Waals surface area contributed by atoms with Crippen molar-refractivity contribution in [2.45, 2.75) is 83.3 Å². The van der Waals surface area contributed by atoms with Crippen molar-refractivity contribution in [2.24, 2.45) is 0 Å². The lowest BCUT2D eigenvalue weighted by atomic mass is 9.99. The van der Waals surface area contributed by atoms with E-state index in [0.717, 1.165) is 24.8 Å². The number of aliphatic hydroxyl groups is 1. The average Bonchev–Trinajstić information content (AvgIpc) is 3.00. The highest BCUT2D eigenvalue weighted by molar-refractivity contribution is 5.13. The summed E-state index contributed by atoms with van der Waals surface area (Å²) in [5.41, 5.74) is 1.11. The van der Waals surface area contributed by atoms with Crippen LogP contribution >= 0.6 is 0 Å². The number of ether oxygens (including phenoxy) is 4. The minimum absolute atomic E-state index is 0.176. The van der Waals surface area contributed by atoms with E-state index >= 15 is 0 Å². The Labute approximate surface area is 157 Å². The number of rotatable bonds is 11. The Morgan fingerprint density at radius 2 is 2.00 bits per heavy atom. The molecule has 1 fully saturated rings. The third-order valence-electron chi connectivity index (χ3n) is 4.80. The summed E-state index contributed by atoms with van der Waals surface area (Å²) in [6, 6.07) is 10.1. The quantitative estimate of drug-likeness (QED) is 0.647. The zero-order valence-electron chi connectivity index (χ0n) is 16.5. The van der Waals surface area contributed by atoms with Gasteiger partial charge < -0.3 is 24.1 Å². The first-order chi connectivity index (χ1) is 12.4. The van der Waals surface area contributed by atoms with Gasteiger partial charge in [-0.3, -0.25) is 0 Å². The second-order valence-corrected chi connectivity index (χ2v) is 7.42. The molecule has 1 aromatic rings. The largest absolute Gasteiger partial charge is 0.390 e. The summed E-state index contributed by atoms with van der Waals surface area (Å²) in [5.74, 6) is -0.609. The van der Waals surface area contributed by atoms with Crippen molar-refractivity contribution in [3.63, 3.8) is 0 Å². The molecule has 5 nitrogen and oxygen atoms in total. The van der Waals surface area contributed by atoms with E-state index in [2.05, 4.69) is 6.92 Å². The van der Waals surface area contributed by atoms with Gasteiger partial charge in [0.1, 0.15) is 6.10 Å². The Morgan fingerprint density at radius 1 is 1.27 bits per heavy atom. The molecule has 1 aliphatic heterocycles. The lowest BCUT2D eigenvalue weighted by Crippen LogP contribution is -2.40. The number of hydrogen-bond donors (Lipinski definition) is 1. The van der Waals surface area contributed by atoms with Crippen LogP contribution in [0.3, 0.4) is 0 Å². The van der Waals surface area contributed by atoms with Gasteiger partial charge in [-0.1, -0.05) is 50.1 Å². The molecule has 0 radical (unpaired) electrons. The maximum absolute atomic E-state index is 10.5. The van der Waals surface area contributed by atoms with Gasteiger partial charge in [-0.05, 0) is 25.8 Å². The molecule has 0 aliphatic carbocycles. The van der Waals surface area contributed by atoms with Crippen LogP contribution < -0.4 is 0 Å². The van der Waals surface area contributed by atoms with Crippen LogP contribution in [0.15, 0.2) is 30.3 Å². The van der Waals surface area contributed by atoms with Crippen molar-refractivity contribution in [3.05, 3.63) is 35.9 Å². The Balaban J connectivity index is 2.01. The molecule has 5 heteroatoms. The number of unbranched alkanes of at least 4 members (excludes halogenated alkanes) is 1. The first-order valence-electron chi connectivity index (χ1n) is 9.63. The van der Waals surface area contributed by atoms with E-state index in [-0.39, 0.29) is 18.3 Å². The Hall–Kier alpha value is -0.980. The molecule has 4 atom stereocenters. The van der Waals surface area contributed by atoms with Crippen molar-refractivity contribution in [1.82, 2.24) is 0 Å². The fourth-order valence-corrected chi connectivity index (χ4v) is 3.24. The molecule has 2 rings (SSSR count). The van der Waals surface area contributed by atoms with E-state index < -0.39 is 11.9 Å². The zero-order valence-corrected chi connectivity index (χ0v) is 16.5. The highest BCUT2D eigenvalue weighted by Gasteiger charge is 2.39. The molecule has 0 amide bonds. The first kappa shape index (κ1) is 21.3. The molecule has 1 saturated heterocycles. The molecule has 148 valence electrons. The summed E-state index contributed by atoms with van der Waals surface area (Å²) in [6.07, 6.45) is 2.16. The molecule has 26 heavy (non-hydrogen) atoms. The van der Waals surface area contributed by atoms with Gasteiger partial charge in [0.2, 0.25) is 0 Å². The molecular formula is C21H34O5. The van der Waals surface area contributed by atoms with E-state index in [9.17, 15) is 5.11 Å². The minimum Gasteiger partial charge on any atom is -0.390 e.